The first kappa shape index (κ1) is 17.5. The molecule has 1 fully saturated rings. The minimum absolute atomic E-state index is 0.213. The SMILES string of the molecule is COc1ccc(Br)cc1/C=C/C(=O)OCC(=O)N1CCOCC1. The maximum Gasteiger partial charge on any atom is 0.331 e. The van der Waals surface area contributed by atoms with Crippen LogP contribution in [0.2, 0.25) is 0 Å². The molecule has 0 spiro atoms. The largest absolute Gasteiger partial charge is 0.496 e. The molecule has 1 aromatic rings. The molecule has 0 aliphatic carbocycles. The molecule has 1 aliphatic heterocycles. The van der Waals surface area contributed by atoms with Crippen LogP contribution in [0.3, 0.4) is 0 Å². The average molecular weight is 384 g/mol. The summed E-state index contributed by atoms with van der Waals surface area (Å²) < 4.78 is 16.2. The third kappa shape index (κ3) is 5.37. The molecular weight excluding hydrogens is 366 g/mol. The first-order valence-electron chi connectivity index (χ1n) is 7.14. The van der Waals surface area contributed by atoms with Crippen molar-refractivity contribution in [3.63, 3.8) is 0 Å². The van der Waals surface area contributed by atoms with Gasteiger partial charge in [0.05, 0.1) is 20.3 Å². The zero-order chi connectivity index (χ0) is 16.7. The predicted octanol–water partition coefficient (Wildman–Crippen LogP) is 1.87. The van der Waals surface area contributed by atoms with Crippen LogP contribution in [-0.4, -0.2) is 56.8 Å². The summed E-state index contributed by atoms with van der Waals surface area (Å²) in [5, 5.41) is 0. The molecule has 6 nitrogen and oxygen atoms in total. The van der Waals surface area contributed by atoms with Crippen molar-refractivity contribution in [1.82, 2.24) is 4.90 Å². The van der Waals surface area contributed by atoms with Crippen LogP contribution >= 0.6 is 15.9 Å². The molecule has 0 unspecified atom stereocenters. The monoisotopic (exact) mass is 383 g/mol. The first-order chi connectivity index (χ1) is 11.1. The molecule has 1 aliphatic rings. The molecule has 0 saturated carbocycles. The van der Waals surface area contributed by atoms with Crippen LogP contribution in [0.15, 0.2) is 28.7 Å². The molecule has 2 rings (SSSR count). The standard InChI is InChI=1S/C16H18BrNO5/c1-21-14-4-3-13(17)10-12(14)2-5-16(20)23-11-15(19)18-6-8-22-9-7-18/h2-5,10H,6-9,11H2,1H3/b5-2+. The van der Waals surface area contributed by atoms with Gasteiger partial charge >= 0.3 is 5.97 Å². The summed E-state index contributed by atoms with van der Waals surface area (Å²) in [4.78, 5) is 25.2. The van der Waals surface area contributed by atoms with Crippen molar-refractivity contribution in [3.8, 4) is 5.75 Å². The third-order valence-electron chi connectivity index (χ3n) is 3.29. The van der Waals surface area contributed by atoms with E-state index in [-0.39, 0.29) is 12.5 Å². The van der Waals surface area contributed by atoms with E-state index in [2.05, 4.69) is 15.9 Å². The van der Waals surface area contributed by atoms with Crippen LogP contribution in [0.4, 0.5) is 0 Å². The summed E-state index contributed by atoms with van der Waals surface area (Å²) >= 11 is 3.36. The van der Waals surface area contributed by atoms with Gasteiger partial charge in [0.25, 0.3) is 5.91 Å². The van der Waals surface area contributed by atoms with Gasteiger partial charge in [-0.05, 0) is 24.3 Å². The minimum Gasteiger partial charge on any atom is -0.496 e. The van der Waals surface area contributed by atoms with Crippen LogP contribution in [0, 0.1) is 0 Å². The van der Waals surface area contributed by atoms with Crippen LogP contribution in [0.25, 0.3) is 6.08 Å². The molecule has 0 atom stereocenters. The fourth-order valence-corrected chi connectivity index (χ4v) is 2.46. The number of carbonyl (C=O) groups excluding carboxylic acids is 2. The van der Waals surface area contributed by atoms with Gasteiger partial charge in [0.15, 0.2) is 6.61 Å². The molecule has 0 bridgehead atoms. The average Bonchev–Trinajstić information content (AvgIpc) is 2.58. The fraction of sp³-hybridized carbons (Fsp3) is 0.375. The van der Waals surface area contributed by atoms with Gasteiger partial charge in [-0.25, -0.2) is 4.79 Å². The van der Waals surface area contributed by atoms with Gasteiger partial charge < -0.3 is 19.1 Å². The number of methoxy groups -OCH3 is 1. The summed E-state index contributed by atoms with van der Waals surface area (Å²) in [6.45, 7) is 1.83. The van der Waals surface area contributed by atoms with E-state index >= 15 is 0 Å². The van der Waals surface area contributed by atoms with Crippen molar-refractivity contribution in [2.24, 2.45) is 0 Å². The number of halogens is 1. The van der Waals surface area contributed by atoms with Crippen molar-refractivity contribution < 1.29 is 23.8 Å². The Labute approximate surface area is 143 Å². The molecule has 0 radical (unpaired) electrons. The number of amides is 1. The second-order valence-electron chi connectivity index (χ2n) is 4.82. The number of ether oxygens (including phenoxy) is 3. The highest BCUT2D eigenvalue weighted by atomic mass is 79.9. The van der Waals surface area contributed by atoms with Crippen molar-refractivity contribution in [2.45, 2.75) is 0 Å². The Kier molecular flexibility index (Phi) is 6.61. The van der Waals surface area contributed by atoms with E-state index in [4.69, 9.17) is 14.2 Å². The lowest BCUT2D eigenvalue weighted by Gasteiger charge is -2.26. The van der Waals surface area contributed by atoms with Gasteiger partial charge in [-0.3, -0.25) is 4.79 Å². The van der Waals surface area contributed by atoms with Crippen LogP contribution in [-0.2, 0) is 19.1 Å². The highest BCUT2D eigenvalue weighted by Crippen LogP contribution is 2.24. The summed E-state index contributed by atoms with van der Waals surface area (Å²) in [5.41, 5.74) is 0.735. The van der Waals surface area contributed by atoms with Crippen LogP contribution < -0.4 is 4.74 Å². The van der Waals surface area contributed by atoms with Gasteiger partial charge in [0.1, 0.15) is 5.75 Å². The Balaban J connectivity index is 1.86. The second-order valence-corrected chi connectivity index (χ2v) is 5.74. The number of morpholine rings is 1. The van der Waals surface area contributed by atoms with Crippen molar-refractivity contribution in [3.05, 3.63) is 34.3 Å². The minimum atomic E-state index is -0.575. The van der Waals surface area contributed by atoms with Gasteiger partial charge in [-0.2, -0.15) is 0 Å². The molecule has 23 heavy (non-hydrogen) atoms. The topological polar surface area (TPSA) is 65.1 Å². The lowest BCUT2D eigenvalue weighted by atomic mass is 10.2. The molecule has 1 amide bonds. The van der Waals surface area contributed by atoms with Crippen molar-refractivity contribution in [2.75, 3.05) is 40.0 Å². The first-order valence-corrected chi connectivity index (χ1v) is 7.93. The lowest BCUT2D eigenvalue weighted by Crippen LogP contribution is -2.42. The van der Waals surface area contributed by atoms with E-state index in [0.29, 0.717) is 32.1 Å². The third-order valence-corrected chi connectivity index (χ3v) is 3.79. The van der Waals surface area contributed by atoms with Gasteiger partial charge in [-0.1, -0.05) is 15.9 Å². The molecule has 7 heteroatoms. The predicted molar refractivity (Wildman–Crippen MR) is 88.1 cm³/mol. The van der Waals surface area contributed by atoms with Crippen molar-refractivity contribution >= 4 is 33.9 Å². The Bertz CT molecular complexity index is 596. The van der Waals surface area contributed by atoms with Gasteiger partial charge in [-0.15, -0.1) is 0 Å². The number of rotatable bonds is 5. The van der Waals surface area contributed by atoms with E-state index in [1.807, 2.05) is 12.1 Å². The maximum absolute atomic E-state index is 11.9. The zero-order valence-corrected chi connectivity index (χ0v) is 14.4. The Morgan fingerprint density at radius 2 is 2.09 bits per heavy atom. The number of benzene rings is 1. The molecule has 1 aromatic carbocycles. The quantitative estimate of drug-likeness (QED) is 0.573. The lowest BCUT2D eigenvalue weighted by molar-refractivity contribution is -0.150. The molecule has 124 valence electrons. The molecule has 0 N–H and O–H groups in total. The smallest absolute Gasteiger partial charge is 0.331 e. The Hall–Kier alpha value is -1.86. The number of hydrogen-bond donors (Lipinski definition) is 0. The maximum atomic E-state index is 11.9. The van der Waals surface area contributed by atoms with Crippen LogP contribution in [0.1, 0.15) is 5.56 Å². The summed E-state index contributed by atoms with van der Waals surface area (Å²) in [6.07, 6.45) is 2.86. The van der Waals surface area contributed by atoms with Gasteiger partial charge in [0, 0.05) is 29.2 Å². The fourth-order valence-electron chi connectivity index (χ4n) is 2.08. The molecule has 0 aromatic heterocycles. The van der Waals surface area contributed by atoms with E-state index < -0.39 is 5.97 Å². The Morgan fingerprint density at radius 1 is 1.35 bits per heavy atom. The summed E-state index contributed by atoms with van der Waals surface area (Å²) in [6, 6.07) is 5.45. The zero-order valence-electron chi connectivity index (χ0n) is 12.8. The van der Waals surface area contributed by atoms with Crippen LogP contribution in [0.5, 0.6) is 5.75 Å². The molecule has 1 saturated heterocycles. The normalized spacial score (nSPS) is 14.8. The Morgan fingerprint density at radius 3 is 2.78 bits per heavy atom. The van der Waals surface area contributed by atoms with Crippen molar-refractivity contribution in [1.29, 1.82) is 0 Å². The molecule has 1 heterocycles. The van der Waals surface area contributed by atoms with E-state index in [9.17, 15) is 9.59 Å². The summed E-state index contributed by atoms with van der Waals surface area (Å²) in [5.74, 6) is -0.148. The second kappa shape index (κ2) is 8.69. The van der Waals surface area contributed by atoms with E-state index in [1.54, 1.807) is 24.2 Å². The van der Waals surface area contributed by atoms with E-state index in [1.165, 1.54) is 6.08 Å². The molecular formula is C16H18BrNO5. The summed E-state index contributed by atoms with van der Waals surface area (Å²) in [7, 11) is 1.56. The van der Waals surface area contributed by atoms with Gasteiger partial charge in [0.2, 0.25) is 0 Å². The number of hydrogen-bond acceptors (Lipinski definition) is 5. The van der Waals surface area contributed by atoms with E-state index in [0.717, 1.165) is 10.0 Å². The number of esters is 1. The highest BCUT2D eigenvalue weighted by Gasteiger charge is 2.17. The number of nitrogens with zero attached hydrogens (tertiary/aromatic N) is 1. The highest BCUT2D eigenvalue weighted by molar-refractivity contribution is 9.10. The number of carbonyl (C=O) groups is 2.